The predicted molar refractivity (Wildman–Crippen MR) is 113 cm³/mol. The summed E-state index contributed by atoms with van der Waals surface area (Å²) in [5, 5.41) is 5.47. The molecule has 5 nitrogen and oxygen atoms in total. The number of anilines is 2. The number of nitrogens with zero attached hydrogens (tertiary/aromatic N) is 3. The zero-order valence-corrected chi connectivity index (χ0v) is 16.6. The molecule has 2 aliphatic rings. The predicted octanol–water partition coefficient (Wildman–Crippen LogP) is 4.43. The number of fused-ring (bicyclic) bond motifs is 4. The fourth-order valence-electron chi connectivity index (χ4n) is 3.83. The highest BCUT2D eigenvalue weighted by Gasteiger charge is 2.29. The molecule has 0 aliphatic carbocycles. The molecule has 7 heteroatoms. The maximum atomic E-state index is 13.9. The van der Waals surface area contributed by atoms with Gasteiger partial charge in [0, 0.05) is 36.3 Å². The van der Waals surface area contributed by atoms with E-state index in [0.717, 1.165) is 64.1 Å². The number of likely N-dealkylation sites (N-methyl/N-ethyl adjacent to an activating group) is 1. The number of ether oxygens (including phenoxy) is 1. The average Bonchev–Trinajstić information content (AvgIpc) is 2.98. The molecule has 144 valence electrons. The fourth-order valence-corrected chi connectivity index (χ4v) is 4.96. The van der Waals surface area contributed by atoms with E-state index in [1.54, 1.807) is 24.5 Å². The second-order valence-electron chi connectivity index (χ2n) is 7.15. The summed E-state index contributed by atoms with van der Waals surface area (Å²) in [4.78, 5) is 9.67. The molecule has 3 aromatic rings. The Morgan fingerprint density at radius 2 is 1.96 bits per heavy atom. The maximum absolute atomic E-state index is 13.9. The molecule has 1 saturated heterocycles. The number of nitrogens with one attached hydrogen (secondary N) is 1. The van der Waals surface area contributed by atoms with E-state index in [9.17, 15) is 4.39 Å². The standard InChI is InChI=1S/C21H21FN4OS/c1-25-8-10-26(11-9-25)20-19-18-16(27-2)4-3-5-17(18)28-21(19)24-15-12-13(22)6-7-14(15)23-20/h3-7,12,24H,8-11H2,1-2H3. The molecular weight excluding hydrogens is 375 g/mol. The van der Waals surface area contributed by atoms with E-state index in [4.69, 9.17) is 9.73 Å². The fraction of sp³-hybridized carbons (Fsp3) is 0.286. The molecule has 1 N–H and O–H groups in total. The SMILES string of the molecule is COc1cccc2sc3c(c12)C(N1CCN(C)CC1)=Nc1ccc(F)cc1N3. The third-order valence-electron chi connectivity index (χ3n) is 5.36. The quantitative estimate of drug-likeness (QED) is 0.661. The molecule has 0 atom stereocenters. The first kappa shape index (κ1) is 17.5. The highest BCUT2D eigenvalue weighted by Crippen LogP contribution is 2.46. The molecule has 0 bridgehead atoms. The number of hydrogen-bond acceptors (Lipinski definition) is 6. The van der Waals surface area contributed by atoms with Crippen LogP contribution in [0.5, 0.6) is 5.75 Å². The molecule has 2 aliphatic heterocycles. The number of aliphatic imine (C=N–C) groups is 1. The van der Waals surface area contributed by atoms with Crippen LogP contribution in [0.3, 0.4) is 0 Å². The molecule has 0 radical (unpaired) electrons. The first-order chi connectivity index (χ1) is 13.6. The number of hydrogen-bond donors (Lipinski definition) is 1. The van der Waals surface area contributed by atoms with Gasteiger partial charge in [0.05, 0.1) is 24.0 Å². The van der Waals surface area contributed by atoms with Crippen molar-refractivity contribution in [3.63, 3.8) is 0 Å². The van der Waals surface area contributed by atoms with Crippen molar-refractivity contribution in [1.29, 1.82) is 0 Å². The lowest BCUT2D eigenvalue weighted by molar-refractivity contribution is 0.216. The maximum Gasteiger partial charge on any atom is 0.140 e. The first-order valence-corrected chi connectivity index (χ1v) is 10.1. The van der Waals surface area contributed by atoms with Crippen LogP contribution < -0.4 is 10.1 Å². The van der Waals surface area contributed by atoms with Crippen LogP contribution in [0.4, 0.5) is 20.8 Å². The van der Waals surface area contributed by atoms with Gasteiger partial charge in [0.1, 0.15) is 22.4 Å². The Morgan fingerprint density at radius 1 is 1.14 bits per heavy atom. The van der Waals surface area contributed by atoms with Gasteiger partial charge in [-0.05, 0) is 37.4 Å². The summed E-state index contributed by atoms with van der Waals surface area (Å²) in [6.45, 7) is 3.77. The van der Waals surface area contributed by atoms with E-state index in [-0.39, 0.29) is 5.82 Å². The molecule has 1 fully saturated rings. The highest BCUT2D eigenvalue weighted by atomic mass is 32.1. The second-order valence-corrected chi connectivity index (χ2v) is 8.20. The smallest absolute Gasteiger partial charge is 0.140 e. The lowest BCUT2D eigenvalue weighted by atomic mass is 10.1. The largest absolute Gasteiger partial charge is 0.496 e. The van der Waals surface area contributed by atoms with E-state index in [1.165, 1.54) is 12.1 Å². The Morgan fingerprint density at radius 3 is 2.75 bits per heavy atom. The molecular formula is C21H21FN4OS. The van der Waals surface area contributed by atoms with Gasteiger partial charge in [0.2, 0.25) is 0 Å². The van der Waals surface area contributed by atoms with Crippen LogP contribution in [0, 0.1) is 5.82 Å². The number of amidine groups is 1. The van der Waals surface area contributed by atoms with E-state index in [0.29, 0.717) is 5.69 Å². The van der Waals surface area contributed by atoms with E-state index < -0.39 is 0 Å². The van der Waals surface area contributed by atoms with Crippen molar-refractivity contribution in [3.05, 3.63) is 47.8 Å². The summed E-state index contributed by atoms with van der Waals surface area (Å²) in [6.07, 6.45) is 0. The van der Waals surface area contributed by atoms with Crippen LogP contribution in [0.2, 0.25) is 0 Å². The van der Waals surface area contributed by atoms with Crippen molar-refractivity contribution in [1.82, 2.24) is 9.80 Å². The number of methoxy groups -OCH3 is 1. The molecule has 0 saturated carbocycles. The van der Waals surface area contributed by atoms with Gasteiger partial charge in [-0.2, -0.15) is 0 Å². The topological polar surface area (TPSA) is 40.1 Å². The molecule has 3 heterocycles. The lowest BCUT2D eigenvalue weighted by Gasteiger charge is -2.34. The number of benzene rings is 2. The first-order valence-electron chi connectivity index (χ1n) is 9.32. The zero-order valence-electron chi connectivity index (χ0n) is 15.8. The Labute approximate surface area is 167 Å². The van der Waals surface area contributed by atoms with Crippen molar-refractivity contribution in [2.75, 3.05) is 45.7 Å². The minimum Gasteiger partial charge on any atom is -0.496 e. The summed E-state index contributed by atoms with van der Waals surface area (Å²) in [7, 11) is 3.83. The van der Waals surface area contributed by atoms with Gasteiger partial charge >= 0.3 is 0 Å². The van der Waals surface area contributed by atoms with E-state index >= 15 is 0 Å². The molecule has 0 spiro atoms. The van der Waals surface area contributed by atoms with Crippen molar-refractivity contribution < 1.29 is 9.13 Å². The van der Waals surface area contributed by atoms with Gasteiger partial charge in [-0.15, -0.1) is 11.3 Å². The minimum absolute atomic E-state index is 0.273. The number of thiophene rings is 1. The van der Waals surface area contributed by atoms with E-state index in [2.05, 4.69) is 28.2 Å². The van der Waals surface area contributed by atoms with Gasteiger partial charge in [-0.1, -0.05) is 6.07 Å². The van der Waals surface area contributed by atoms with Gasteiger partial charge in [0.15, 0.2) is 0 Å². The second kappa shape index (κ2) is 6.76. The number of halogens is 1. The van der Waals surface area contributed by atoms with Crippen LogP contribution in [0.15, 0.2) is 41.4 Å². The van der Waals surface area contributed by atoms with Gasteiger partial charge in [0.25, 0.3) is 0 Å². The van der Waals surface area contributed by atoms with Crippen LogP contribution in [0.1, 0.15) is 5.56 Å². The molecule has 0 amide bonds. The van der Waals surface area contributed by atoms with E-state index in [1.807, 2.05) is 12.1 Å². The van der Waals surface area contributed by atoms with Gasteiger partial charge in [-0.25, -0.2) is 9.38 Å². The molecule has 1 aromatic heterocycles. The minimum atomic E-state index is -0.273. The van der Waals surface area contributed by atoms with Crippen molar-refractivity contribution in [2.45, 2.75) is 0 Å². The van der Waals surface area contributed by atoms with Gasteiger partial charge in [-0.3, -0.25) is 0 Å². The third kappa shape index (κ3) is 2.82. The average molecular weight is 396 g/mol. The summed E-state index contributed by atoms with van der Waals surface area (Å²) >= 11 is 1.65. The third-order valence-corrected chi connectivity index (χ3v) is 6.43. The van der Waals surface area contributed by atoms with Crippen molar-refractivity contribution >= 4 is 43.6 Å². The van der Waals surface area contributed by atoms with Gasteiger partial charge < -0.3 is 19.9 Å². The summed E-state index contributed by atoms with van der Waals surface area (Å²) < 4.78 is 20.7. The Kier molecular flexibility index (Phi) is 4.21. The monoisotopic (exact) mass is 396 g/mol. The summed E-state index contributed by atoms with van der Waals surface area (Å²) in [5.74, 6) is 1.48. The number of rotatable bonds is 1. The normalized spacial score (nSPS) is 16.8. The highest BCUT2D eigenvalue weighted by molar-refractivity contribution is 7.23. The van der Waals surface area contributed by atoms with Crippen LogP contribution in [-0.4, -0.2) is 56.0 Å². The summed E-state index contributed by atoms with van der Waals surface area (Å²) in [6, 6.07) is 10.8. The van der Waals surface area contributed by atoms with Crippen LogP contribution in [-0.2, 0) is 0 Å². The number of piperazine rings is 1. The molecule has 2 aromatic carbocycles. The van der Waals surface area contributed by atoms with Crippen molar-refractivity contribution in [2.24, 2.45) is 4.99 Å². The molecule has 5 rings (SSSR count). The van der Waals surface area contributed by atoms with Crippen LogP contribution in [0.25, 0.3) is 10.1 Å². The Hall–Kier alpha value is -2.64. The molecule has 0 unspecified atom stereocenters. The zero-order chi connectivity index (χ0) is 19.3. The lowest BCUT2D eigenvalue weighted by Crippen LogP contribution is -2.47. The Bertz CT molecular complexity index is 1090. The van der Waals surface area contributed by atoms with Crippen LogP contribution >= 0.6 is 11.3 Å². The Balaban J connectivity index is 1.76. The summed E-state index contributed by atoms with van der Waals surface area (Å²) in [5.41, 5.74) is 2.48. The van der Waals surface area contributed by atoms with Crippen molar-refractivity contribution in [3.8, 4) is 5.75 Å². The molecule has 28 heavy (non-hydrogen) atoms.